The number of hydrogen-bond donors (Lipinski definition) is 3. The van der Waals surface area contributed by atoms with Gasteiger partial charge in [0.25, 0.3) is 10.1 Å². The Balaban J connectivity index is 3.72. The molecule has 0 saturated heterocycles. The molecule has 3 N–H and O–H groups in total. The second kappa shape index (κ2) is 4.30. The largest absolute Gasteiger partial charge is 0.327 e. The molecule has 0 bridgehead atoms. The molecule has 0 aliphatic heterocycles. The van der Waals surface area contributed by atoms with Gasteiger partial charge < -0.3 is 5.73 Å². The Hall–Kier alpha value is 0.220. The van der Waals surface area contributed by atoms with E-state index in [0.29, 0.717) is 0 Å². The van der Waals surface area contributed by atoms with E-state index < -0.39 is 10.1 Å². The van der Waals surface area contributed by atoms with Gasteiger partial charge >= 0.3 is 0 Å². The van der Waals surface area contributed by atoms with Crippen LogP contribution in [0.5, 0.6) is 0 Å². The molecule has 0 aromatic carbocycles. The molecule has 2 atom stereocenters. The highest BCUT2D eigenvalue weighted by atomic mass is 32.2. The maximum absolute atomic E-state index is 10.2. The molecule has 0 aliphatic rings. The molecule has 2 unspecified atom stereocenters. The first-order valence-corrected chi connectivity index (χ1v) is 5.34. The average molecular weight is 199 g/mol. The van der Waals surface area contributed by atoms with E-state index in [0.717, 1.165) is 0 Å². The van der Waals surface area contributed by atoms with E-state index in [-0.39, 0.29) is 23.5 Å². The summed E-state index contributed by atoms with van der Waals surface area (Å²) in [5, 5.41) is -0.0586. The topological polar surface area (TPSA) is 80.4 Å². The van der Waals surface area contributed by atoms with E-state index in [9.17, 15) is 8.42 Å². The summed E-state index contributed by atoms with van der Waals surface area (Å²) in [4.78, 5) is 0. The van der Waals surface area contributed by atoms with Crippen molar-refractivity contribution in [1.82, 2.24) is 0 Å². The highest BCUT2D eigenvalue weighted by Gasteiger charge is 2.12. The van der Waals surface area contributed by atoms with Gasteiger partial charge in [-0.05, 0) is 6.42 Å². The van der Waals surface area contributed by atoms with Gasteiger partial charge in [-0.15, -0.1) is 0 Å². The van der Waals surface area contributed by atoms with Crippen molar-refractivity contribution in [3.8, 4) is 0 Å². The molecular formula is C5H13NO3S2. The molecule has 4 nitrogen and oxygen atoms in total. The predicted octanol–water partition coefficient (Wildman–Crippen LogP) is -0.0901. The molecule has 0 fully saturated rings. The molecule has 0 saturated carbocycles. The lowest BCUT2D eigenvalue weighted by molar-refractivity contribution is 0.476. The molecule has 0 aromatic rings. The van der Waals surface area contributed by atoms with Crippen LogP contribution in [-0.2, 0) is 10.1 Å². The van der Waals surface area contributed by atoms with Crippen molar-refractivity contribution in [2.45, 2.75) is 24.6 Å². The third kappa shape index (κ3) is 6.61. The van der Waals surface area contributed by atoms with Crippen LogP contribution in [0.2, 0.25) is 0 Å². The van der Waals surface area contributed by atoms with Gasteiger partial charge in [-0.3, -0.25) is 4.55 Å². The van der Waals surface area contributed by atoms with Crippen LogP contribution in [0.15, 0.2) is 0 Å². The number of rotatable bonds is 4. The van der Waals surface area contributed by atoms with Crippen molar-refractivity contribution in [2.75, 3.05) is 5.75 Å². The van der Waals surface area contributed by atoms with Gasteiger partial charge in [0.1, 0.15) is 0 Å². The van der Waals surface area contributed by atoms with Gasteiger partial charge in [0, 0.05) is 11.3 Å². The molecule has 6 heteroatoms. The monoisotopic (exact) mass is 199 g/mol. The van der Waals surface area contributed by atoms with Crippen LogP contribution in [0.1, 0.15) is 13.3 Å². The minimum Gasteiger partial charge on any atom is -0.327 e. The Morgan fingerprint density at radius 1 is 1.64 bits per heavy atom. The zero-order valence-corrected chi connectivity index (χ0v) is 7.98. The van der Waals surface area contributed by atoms with Gasteiger partial charge in [0.15, 0.2) is 0 Å². The van der Waals surface area contributed by atoms with Gasteiger partial charge in [0.2, 0.25) is 0 Å². The van der Waals surface area contributed by atoms with E-state index >= 15 is 0 Å². The fourth-order valence-electron chi connectivity index (χ4n) is 0.526. The highest BCUT2D eigenvalue weighted by Crippen LogP contribution is 2.03. The molecule has 0 amide bonds. The van der Waals surface area contributed by atoms with E-state index in [4.69, 9.17) is 10.3 Å². The Kier molecular flexibility index (Phi) is 4.38. The maximum Gasteiger partial charge on any atom is 0.264 e. The second-order valence-electron chi connectivity index (χ2n) is 2.48. The van der Waals surface area contributed by atoms with Crippen molar-refractivity contribution in [1.29, 1.82) is 0 Å². The Labute approximate surface area is 72.3 Å². The molecule has 68 valence electrons. The lowest BCUT2D eigenvalue weighted by Gasteiger charge is -2.12. The molecule has 0 aromatic heterocycles. The first kappa shape index (κ1) is 11.2. The molecule has 0 spiro atoms. The lowest BCUT2D eigenvalue weighted by atomic mass is 10.2. The first-order valence-electron chi connectivity index (χ1n) is 3.22. The number of hydrogen-bond acceptors (Lipinski definition) is 4. The molecule has 0 rings (SSSR count). The van der Waals surface area contributed by atoms with Crippen molar-refractivity contribution in [3.63, 3.8) is 0 Å². The number of thiol groups is 1. The van der Waals surface area contributed by atoms with E-state index in [1.165, 1.54) is 0 Å². The van der Waals surface area contributed by atoms with Crippen LogP contribution in [-0.4, -0.2) is 30.0 Å². The fourth-order valence-corrected chi connectivity index (χ4v) is 1.25. The van der Waals surface area contributed by atoms with E-state index in [1.807, 2.05) is 0 Å². The average Bonchev–Trinajstić information content (AvgIpc) is 1.80. The van der Waals surface area contributed by atoms with Crippen LogP contribution >= 0.6 is 12.6 Å². The molecule has 11 heavy (non-hydrogen) atoms. The Bertz CT molecular complexity index is 200. The minimum absolute atomic E-state index is 0.0586. The molecule has 0 radical (unpaired) electrons. The summed E-state index contributed by atoms with van der Waals surface area (Å²) >= 11 is 4.02. The Morgan fingerprint density at radius 2 is 2.09 bits per heavy atom. The SMILES string of the molecule is CC(S)C(N)CCS(=O)(=O)O. The smallest absolute Gasteiger partial charge is 0.264 e. The molecule has 0 aliphatic carbocycles. The second-order valence-corrected chi connectivity index (χ2v) is 4.87. The third-order valence-corrected chi connectivity index (χ3v) is 2.46. The van der Waals surface area contributed by atoms with Crippen LogP contribution in [0.3, 0.4) is 0 Å². The summed E-state index contributed by atoms with van der Waals surface area (Å²) in [5.41, 5.74) is 5.47. The highest BCUT2D eigenvalue weighted by molar-refractivity contribution is 7.85. The number of nitrogens with two attached hydrogens (primary N) is 1. The lowest BCUT2D eigenvalue weighted by Crippen LogP contribution is -2.31. The van der Waals surface area contributed by atoms with Crippen molar-refractivity contribution < 1.29 is 13.0 Å². The van der Waals surface area contributed by atoms with Crippen molar-refractivity contribution >= 4 is 22.7 Å². The quantitative estimate of drug-likeness (QED) is 0.436. The van der Waals surface area contributed by atoms with E-state index in [1.54, 1.807) is 6.92 Å². The van der Waals surface area contributed by atoms with Gasteiger partial charge in [0.05, 0.1) is 5.75 Å². The summed E-state index contributed by atoms with van der Waals surface area (Å²) < 4.78 is 28.8. The summed E-state index contributed by atoms with van der Waals surface area (Å²) in [7, 11) is -3.87. The van der Waals surface area contributed by atoms with Gasteiger partial charge in [-0.1, -0.05) is 6.92 Å². The van der Waals surface area contributed by atoms with Gasteiger partial charge in [-0.2, -0.15) is 21.0 Å². The predicted molar refractivity (Wildman–Crippen MR) is 47.5 cm³/mol. The summed E-state index contributed by atoms with van der Waals surface area (Å²) in [6.07, 6.45) is 0.240. The molecule has 0 heterocycles. The first-order chi connectivity index (χ1) is 4.83. The summed E-state index contributed by atoms with van der Waals surface area (Å²) in [6, 6.07) is -0.291. The van der Waals surface area contributed by atoms with Crippen LogP contribution < -0.4 is 5.73 Å². The molecular weight excluding hydrogens is 186 g/mol. The zero-order valence-electron chi connectivity index (χ0n) is 6.27. The summed E-state index contributed by atoms with van der Waals surface area (Å²) in [6.45, 7) is 1.78. The standard InChI is InChI=1S/C5H13NO3S2/c1-4(10)5(6)2-3-11(7,8)9/h4-5,10H,2-3,6H2,1H3,(H,7,8,9). The van der Waals surface area contributed by atoms with Crippen LogP contribution in [0, 0.1) is 0 Å². The Morgan fingerprint density at radius 3 is 2.36 bits per heavy atom. The normalized spacial score (nSPS) is 17.8. The van der Waals surface area contributed by atoms with Crippen molar-refractivity contribution in [3.05, 3.63) is 0 Å². The fraction of sp³-hybridized carbons (Fsp3) is 1.00. The van der Waals surface area contributed by atoms with Crippen LogP contribution in [0.25, 0.3) is 0 Å². The van der Waals surface area contributed by atoms with Crippen molar-refractivity contribution in [2.24, 2.45) is 5.73 Å². The zero-order chi connectivity index (χ0) is 9.07. The minimum atomic E-state index is -3.87. The maximum atomic E-state index is 10.2. The van der Waals surface area contributed by atoms with E-state index in [2.05, 4.69) is 12.6 Å². The van der Waals surface area contributed by atoms with Gasteiger partial charge in [-0.25, -0.2) is 0 Å². The third-order valence-electron chi connectivity index (χ3n) is 1.33. The van der Waals surface area contributed by atoms with Crippen LogP contribution in [0.4, 0.5) is 0 Å². The summed E-state index contributed by atoms with van der Waals surface area (Å²) in [5.74, 6) is -0.293.